The molecule has 1 aromatic rings. The van der Waals surface area contributed by atoms with Gasteiger partial charge in [-0.15, -0.1) is 5.92 Å². The number of nitrogens with one attached hydrogen (secondary N) is 1. The summed E-state index contributed by atoms with van der Waals surface area (Å²) in [5.74, 6) is 3.33. The van der Waals surface area contributed by atoms with Gasteiger partial charge in [0.25, 0.3) is 0 Å². The molecule has 0 radical (unpaired) electrons. The number of hydrogen-bond donors (Lipinski definition) is 3. The maximum atomic E-state index is 11.1. The van der Waals surface area contributed by atoms with Crippen molar-refractivity contribution >= 4 is 23.5 Å². The van der Waals surface area contributed by atoms with Crippen LogP contribution in [0.25, 0.3) is 0 Å². The minimum atomic E-state index is -1.89. The number of aliphatic carboxylic acids is 2. The van der Waals surface area contributed by atoms with Crippen LogP contribution in [-0.4, -0.2) is 41.8 Å². The van der Waals surface area contributed by atoms with Crippen molar-refractivity contribution in [1.82, 2.24) is 5.32 Å². The molecule has 0 saturated carbocycles. The van der Waals surface area contributed by atoms with Crippen LogP contribution in [0.1, 0.15) is 70.8 Å². The standard InChI is InChI=1S/C25H36ClNO5/c1-3-4-5-6-7-8-11-18-32-22-13-12-20(19-21(22)26)14-17-27-16-10-9-15-25(2,23(28)29)24(30)31/h12-13,19,27H,3-8,11,14-18H2,1-2H3,(H,28,29)(H,30,31). The van der Waals surface area contributed by atoms with E-state index in [-0.39, 0.29) is 6.42 Å². The summed E-state index contributed by atoms with van der Waals surface area (Å²) in [6.45, 7) is 5.07. The number of halogens is 1. The first-order chi connectivity index (χ1) is 15.3. The number of ether oxygens (including phenoxy) is 1. The predicted octanol–water partition coefficient (Wildman–Crippen LogP) is 5.17. The Morgan fingerprint density at radius 1 is 1.06 bits per heavy atom. The summed E-state index contributed by atoms with van der Waals surface area (Å²) < 4.78 is 5.80. The van der Waals surface area contributed by atoms with Crippen LogP contribution in [0.15, 0.2) is 18.2 Å². The average Bonchev–Trinajstić information content (AvgIpc) is 2.75. The molecule has 0 bridgehead atoms. The SMILES string of the molecule is CCCCCCCCCOc1ccc(CCNCC#CCC(C)(C(=O)O)C(=O)O)cc1Cl. The molecule has 3 N–H and O–H groups in total. The van der Waals surface area contributed by atoms with Gasteiger partial charge < -0.3 is 20.3 Å². The van der Waals surface area contributed by atoms with Crippen molar-refractivity contribution in [3.05, 3.63) is 28.8 Å². The molecule has 32 heavy (non-hydrogen) atoms. The number of rotatable bonds is 16. The molecule has 0 spiro atoms. The molecule has 1 aromatic carbocycles. The van der Waals surface area contributed by atoms with Gasteiger partial charge in [-0.05, 0) is 37.5 Å². The number of hydrogen-bond acceptors (Lipinski definition) is 4. The van der Waals surface area contributed by atoms with Crippen molar-refractivity contribution in [1.29, 1.82) is 0 Å². The minimum Gasteiger partial charge on any atom is -0.492 e. The summed E-state index contributed by atoms with van der Waals surface area (Å²) in [5.41, 5.74) is -0.814. The summed E-state index contributed by atoms with van der Waals surface area (Å²) >= 11 is 6.34. The third kappa shape index (κ3) is 10.4. The molecular formula is C25H36ClNO5. The summed E-state index contributed by atoms with van der Waals surface area (Å²) in [7, 11) is 0. The van der Waals surface area contributed by atoms with Gasteiger partial charge in [0, 0.05) is 13.0 Å². The van der Waals surface area contributed by atoms with Crippen molar-refractivity contribution in [2.75, 3.05) is 19.7 Å². The Labute approximate surface area is 196 Å². The first kappa shape index (κ1) is 27.8. The Hall–Kier alpha value is -2.23. The second-order valence-corrected chi connectivity index (χ2v) is 8.54. The molecular weight excluding hydrogens is 430 g/mol. The fourth-order valence-corrected chi connectivity index (χ4v) is 3.24. The summed E-state index contributed by atoms with van der Waals surface area (Å²) in [4.78, 5) is 22.2. The highest BCUT2D eigenvalue weighted by Crippen LogP contribution is 2.26. The molecule has 6 nitrogen and oxygen atoms in total. The Bertz CT molecular complexity index is 770. The van der Waals surface area contributed by atoms with E-state index in [0.29, 0.717) is 30.5 Å². The van der Waals surface area contributed by atoms with Gasteiger partial charge >= 0.3 is 11.9 Å². The maximum Gasteiger partial charge on any atom is 0.321 e. The van der Waals surface area contributed by atoms with Crippen LogP contribution < -0.4 is 10.1 Å². The highest BCUT2D eigenvalue weighted by atomic mass is 35.5. The van der Waals surface area contributed by atoms with E-state index in [4.69, 9.17) is 26.6 Å². The lowest BCUT2D eigenvalue weighted by molar-refractivity contribution is -0.162. The van der Waals surface area contributed by atoms with E-state index in [1.807, 2.05) is 18.2 Å². The fraction of sp³-hybridized carbons (Fsp3) is 0.600. The highest BCUT2D eigenvalue weighted by Gasteiger charge is 2.40. The Kier molecular flexibility index (Phi) is 13.5. The van der Waals surface area contributed by atoms with Crippen LogP contribution in [0.3, 0.4) is 0 Å². The first-order valence-electron chi connectivity index (χ1n) is 11.4. The third-order valence-electron chi connectivity index (χ3n) is 5.32. The zero-order chi connectivity index (χ0) is 23.8. The summed E-state index contributed by atoms with van der Waals surface area (Å²) in [5, 5.41) is 21.8. The molecule has 0 amide bonds. The van der Waals surface area contributed by atoms with E-state index >= 15 is 0 Å². The molecule has 0 aromatic heterocycles. The molecule has 0 saturated heterocycles. The van der Waals surface area contributed by atoms with E-state index < -0.39 is 17.4 Å². The molecule has 0 fully saturated rings. The van der Waals surface area contributed by atoms with Gasteiger partial charge in [-0.3, -0.25) is 9.59 Å². The van der Waals surface area contributed by atoms with E-state index in [2.05, 4.69) is 24.1 Å². The largest absolute Gasteiger partial charge is 0.492 e. The Morgan fingerprint density at radius 3 is 2.34 bits per heavy atom. The van der Waals surface area contributed by atoms with Crippen molar-refractivity contribution in [2.45, 2.75) is 71.6 Å². The fourth-order valence-electron chi connectivity index (χ4n) is 2.99. The molecule has 0 aliphatic carbocycles. The lowest BCUT2D eigenvalue weighted by Crippen LogP contribution is -2.35. The highest BCUT2D eigenvalue weighted by molar-refractivity contribution is 6.32. The Morgan fingerprint density at radius 2 is 1.72 bits per heavy atom. The van der Waals surface area contributed by atoms with Crippen LogP contribution in [0, 0.1) is 17.3 Å². The van der Waals surface area contributed by atoms with Gasteiger partial charge in [0.2, 0.25) is 0 Å². The second kappa shape index (κ2) is 15.6. The minimum absolute atomic E-state index is 0.241. The average molecular weight is 466 g/mol. The number of carboxylic acid groups (broad SMARTS) is 2. The van der Waals surface area contributed by atoms with Crippen LogP contribution >= 0.6 is 11.6 Å². The van der Waals surface area contributed by atoms with E-state index in [9.17, 15) is 9.59 Å². The quantitative estimate of drug-likeness (QED) is 0.177. The molecule has 0 atom stereocenters. The van der Waals surface area contributed by atoms with Crippen molar-refractivity contribution in [3.63, 3.8) is 0 Å². The number of carboxylic acids is 2. The summed E-state index contributed by atoms with van der Waals surface area (Å²) in [6, 6.07) is 5.79. The predicted molar refractivity (Wildman–Crippen MR) is 127 cm³/mol. The lowest BCUT2D eigenvalue weighted by Gasteiger charge is -2.15. The zero-order valence-electron chi connectivity index (χ0n) is 19.2. The third-order valence-corrected chi connectivity index (χ3v) is 5.61. The topological polar surface area (TPSA) is 95.9 Å². The van der Waals surface area contributed by atoms with Crippen molar-refractivity contribution in [3.8, 4) is 17.6 Å². The van der Waals surface area contributed by atoms with Crippen LogP contribution in [-0.2, 0) is 16.0 Å². The number of unbranched alkanes of at least 4 members (excludes halogenated alkanes) is 6. The second-order valence-electron chi connectivity index (χ2n) is 8.13. The molecule has 0 heterocycles. The van der Waals surface area contributed by atoms with Crippen molar-refractivity contribution in [2.24, 2.45) is 5.41 Å². The van der Waals surface area contributed by atoms with Crippen LogP contribution in [0.2, 0.25) is 5.02 Å². The van der Waals surface area contributed by atoms with E-state index in [0.717, 1.165) is 25.3 Å². The zero-order valence-corrected chi connectivity index (χ0v) is 20.0. The number of carbonyl (C=O) groups is 2. The van der Waals surface area contributed by atoms with Gasteiger partial charge in [-0.25, -0.2) is 0 Å². The molecule has 0 aliphatic rings. The molecule has 0 aliphatic heterocycles. The number of benzene rings is 1. The van der Waals surface area contributed by atoms with Gasteiger partial charge in [0.05, 0.1) is 18.2 Å². The van der Waals surface area contributed by atoms with Gasteiger partial charge in [-0.2, -0.15) is 0 Å². The molecule has 178 valence electrons. The van der Waals surface area contributed by atoms with Gasteiger partial charge in [0.15, 0.2) is 5.41 Å². The van der Waals surface area contributed by atoms with Gasteiger partial charge in [-0.1, -0.05) is 69.0 Å². The van der Waals surface area contributed by atoms with E-state index in [1.165, 1.54) is 38.5 Å². The maximum absolute atomic E-state index is 11.1. The molecule has 0 unspecified atom stereocenters. The van der Waals surface area contributed by atoms with E-state index in [1.54, 1.807) is 0 Å². The normalized spacial score (nSPS) is 11.0. The summed E-state index contributed by atoms with van der Waals surface area (Å²) in [6.07, 6.45) is 9.19. The Balaban J connectivity index is 2.27. The van der Waals surface area contributed by atoms with Crippen LogP contribution in [0.4, 0.5) is 0 Å². The smallest absolute Gasteiger partial charge is 0.321 e. The monoisotopic (exact) mass is 465 g/mol. The van der Waals surface area contributed by atoms with Gasteiger partial charge in [0.1, 0.15) is 5.75 Å². The lowest BCUT2D eigenvalue weighted by atomic mass is 9.87. The van der Waals surface area contributed by atoms with Crippen LogP contribution in [0.5, 0.6) is 5.75 Å². The first-order valence-corrected chi connectivity index (χ1v) is 11.7. The molecule has 1 rings (SSSR count). The molecule has 7 heteroatoms. The van der Waals surface area contributed by atoms with Crippen molar-refractivity contribution < 1.29 is 24.5 Å².